The van der Waals surface area contributed by atoms with Crippen molar-refractivity contribution in [1.29, 1.82) is 0 Å². The van der Waals surface area contributed by atoms with Crippen molar-refractivity contribution in [2.45, 2.75) is 51.7 Å². The maximum Gasteiger partial charge on any atom is 0.159 e. The van der Waals surface area contributed by atoms with Gasteiger partial charge in [0, 0.05) is 31.5 Å². The molecule has 0 N–H and O–H groups in total. The van der Waals surface area contributed by atoms with Gasteiger partial charge in [-0.2, -0.15) is 0 Å². The monoisotopic (exact) mass is 379 g/mol. The highest BCUT2D eigenvalue weighted by atomic mass is 16.5. The molecule has 0 radical (unpaired) electrons. The molecular formula is C23H29N3O2. The van der Waals surface area contributed by atoms with Gasteiger partial charge in [0.15, 0.2) is 5.65 Å². The maximum absolute atomic E-state index is 5.26. The number of aryl methyl sites for hydroxylation is 2. The van der Waals surface area contributed by atoms with E-state index >= 15 is 0 Å². The van der Waals surface area contributed by atoms with E-state index in [1.165, 1.54) is 30.5 Å². The van der Waals surface area contributed by atoms with E-state index < -0.39 is 0 Å². The van der Waals surface area contributed by atoms with E-state index in [1.54, 1.807) is 20.4 Å². The summed E-state index contributed by atoms with van der Waals surface area (Å²) in [6.07, 6.45) is 6.81. The Kier molecular flexibility index (Phi) is 7.06. The Hall–Kier alpha value is -2.37. The molecule has 1 aliphatic carbocycles. The van der Waals surface area contributed by atoms with Crippen molar-refractivity contribution in [3.63, 3.8) is 0 Å². The van der Waals surface area contributed by atoms with E-state index in [0.29, 0.717) is 0 Å². The Bertz CT molecular complexity index is 913. The number of hydrogen-bond donors (Lipinski definition) is 0. The summed E-state index contributed by atoms with van der Waals surface area (Å²) < 4.78 is 10.5. The van der Waals surface area contributed by atoms with Crippen LogP contribution < -0.4 is 0 Å². The Morgan fingerprint density at radius 1 is 0.821 bits per heavy atom. The van der Waals surface area contributed by atoms with Crippen molar-refractivity contribution in [3.8, 4) is 0 Å². The van der Waals surface area contributed by atoms with Gasteiger partial charge in [-0.1, -0.05) is 6.07 Å². The first-order chi connectivity index (χ1) is 13.6. The molecule has 1 aliphatic rings. The Balaban J connectivity index is 0.000000161. The molecule has 0 aromatic carbocycles. The maximum atomic E-state index is 5.26. The van der Waals surface area contributed by atoms with Gasteiger partial charge >= 0.3 is 0 Å². The lowest BCUT2D eigenvalue weighted by atomic mass is 9.95. The molecule has 2 atom stereocenters. The summed E-state index contributed by atoms with van der Waals surface area (Å²) in [5.74, 6) is 0. The molecule has 2 unspecified atom stereocenters. The number of aromatic nitrogens is 3. The quantitative estimate of drug-likeness (QED) is 0.638. The SMILES string of the molecule is COC(C)c1ccc2c(n1)CCCC2.COC(C)c1ccc2cccnc2n1. The summed E-state index contributed by atoms with van der Waals surface area (Å²) in [5.41, 5.74) is 5.47. The Morgan fingerprint density at radius 2 is 1.50 bits per heavy atom. The van der Waals surface area contributed by atoms with E-state index in [-0.39, 0.29) is 12.2 Å². The van der Waals surface area contributed by atoms with Gasteiger partial charge in [-0.25, -0.2) is 9.97 Å². The van der Waals surface area contributed by atoms with E-state index in [1.807, 2.05) is 38.1 Å². The van der Waals surface area contributed by atoms with Crippen LogP contribution >= 0.6 is 0 Å². The van der Waals surface area contributed by atoms with Crippen molar-refractivity contribution >= 4 is 11.0 Å². The number of fused-ring (bicyclic) bond motifs is 2. The molecule has 0 spiro atoms. The van der Waals surface area contributed by atoms with Crippen LogP contribution in [0.15, 0.2) is 42.6 Å². The first-order valence-corrected chi connectivity index (χ1v) is 9.88. The topological polar surface area (TPSA) is 57.1 Å². The van der Waals surface area contributed by atoms with Crippen LogP contribution in [0.3, 0.4) is 0 Å². The molecular weight excluding hydrogens is 350 g/mol. The van der Waals surface area contributed by atoms with Crippen molar-refractivity contribution in [3.05, 3.63) is 65.2 Å². The second-order valence-electron chi connectivity index (χ2n) is 7.09. The average Bonchev–Trinajstić information content (AvgIpc) is 2.77. The van der Waals surface area contributed by atoms with Crippen molar-refractivity contribution in [2.24, 2.45) is 0 Å². The van der Waals surface area contributed by atoms with Crippen LogP contribution in [-0.2, 0) is 22.3 Å². The molecule has 0 fully saturated rings. The molecule has 0 saturated heterocycles. The summed E-state index contributed by atoms with van der Waals surface area (Å²) in [6, 6.07) is 12.2. The highest BCUT2D eigenvalue weighted by Crippen LogP contribution is 2.22. The molecule has 3 aromatic rings. The van der Waals surface area contributed by atoms with E-state index in [2.05, 4.69) is 27.1 Å². The Labute approximate surface area is 167 Å². The lowest BCUT2D eigenvalue weighted by Gasteiger charge is -2.17. The lowest BCUT2D eigenvalue weighted by molar-refractivity contribution is 0.115. The van der Waals surface area contributed by atoms with Crippen LogP contribution in [0.1, 0.15) is 61.5 Å². The van der Waals surface area contributed by atoms with Crippen molar-refractivity contribution in [1.82, 2.24) is 15.0 Å². The summed E-state index contributed by atoms with van der Waals surface area (Å²) in [6.45, 7) is 4.01. The number of hydrogen-bond acceptors (Lipinski definition) is 5. The summed E-state index contributed by atoms with van der Waals surface area (Å²) in [7, 11) is 3.40. The molecule has 3 heterocycles. The third kappa shape index (κ3) is 4.91. The van der Waals surface area contributed by atoms with Crippen LogP contribution in [0.5, 0.6) is 0 Å². The number of ether oxygens (including phenoxy) is 2. The first kappa shape index (κ1) is 20.4. The summed E-state index contributed by atoms with van der Waals surface area (Å²) in [4.78, 5) is 13.3. The fourth-order valence-corrected chi connectivity index (χ4v) is 3.26. The molecule has 0 saturated carbocycles. The molecule has 28 heavy (non-hydrogen) atoms. The van der Waals surface area contributed by atoms with Gasteiger partial charge in [0.2, 0.25) is 0 Å². The van der Waals surface area contributed by atoms with Gasteiger partial charge in [-0.05, 0) is 75.4 Å². The zero-order chi connectivity index (χ0) is 19.9. The van der Waals surface area contributed by atoms with Crippen LogP contribution in [0.4, 0.5) is 0 Å². The molecule has 0 bridgehead atoms. The normalized spacial score (nSPS) is 15.3. The molecule has 3 aromatic heterocycles. The zero-order valence-corrected chi connectivity index (χ0v) is 17.2. The minimum atomic E-state index is 0.0152. The van der Waals surface area contributed by atoms with Crippen LogP contribution in [0.25, 0.3) is 11.0 Å². The molecule has 5 nitrogen and oxygen atoms in total. The number of nitrogens with zero attached hydrogens (tertiary/aromatic N) is 3. The zero-order valence-electron chi connectivity index (χ0n) is 17.2. The van der Waals surface area contributed by atoms with E-state index in [9.17, 15) is 0 Å². The average molecular weight is 380 g/mol. The molecule has 5 heteroatoms. The Morgan fingerprint density at radius 3 is 2.25 bits per heavy atom. The fourth-order valence-electron chi connectivity index (χ4n) is 3.26. The highest BCUT2D eigenvalue weighted by Gasteiger charge is 2.13. The predicted octanol–water partition coefficient (Wildman–Crippen LogP) is 5.01. The standard InChI is InChI=1S/C12H17NO.C11H12N2O/c1-9(14-2)11-8-7-10-5-3-4-6-12(10)13-11;1-8(14-2)10-6-5-9-4-3-7-12-11(9)13-10/h7-9H,3-6H2,1-2H3;3-8H,1-2H3. The lowest BCUT2D eigenvalue weighted by Crippen LogP contribution is -2.08. The molecule has 148 valence electrons. The molecule has 4 rings (SSSR count). The van der Waals surface area contributed by atoms with Gasteiger partial charge in [0.1, 0.15) is 0 Å². The second kappa shape index (κ2) is 9.71. The van der Waals surface area contributed by atoms with Gasteiger partial charge in [0.25, 0.3) is 0 Å². The van der Waals surface area contributed by atoms with Crippen LogP contribution in [0.2, 0.25) is 0 Å². The fraction of sp³-hybridized carbons (Fsp3) is 0.435. The van der Waals surface area contributed by atoms with E-state index in [4.69, 9.17) is 9.47 Å². The number of pyridine rings is 3. The van der Waals surface area contributed by atoms with Gasteiger partial charge < -0.3 is 9.47 Å². The molecule has 0 aliphatic heterocycles. The molecule has 0 amide bonds. The van der Waals surface area contributed by atoms with Gasteiger partial charge in [-0.3, -0.25) is 4.98 Å². The van der Waals surface area contributed by atoms with Crippen LogP contribution in [0, 0.1) is 0 Å². The minimum Gasteiger partial charge on any atom is -0.375 e. The van der Waals surface area contributed by atoms with Crippen molar-refractivity contribution in [2.75, 3.05) is 14.2 Å². The van der Waals surface area contributed by atoms with E-state index in [0.717, 1.165) is 28.8 Å². The van der Waals surface area contributed by atoms with Gasteiger partial charge in [-0.15, -0.1) is 0 Å². The van der Waals surface area contributed by atoms with Gasteiger partial charge in [0.05, 0.1) is 23.6 Å². The smallest absolute Gasteiger partial charge is 0.159 e. The van der Waals surface area contributed by atoms with Crippen LogP contribution in [-0.4, -0.2) is 29.2 Å². The largest absolute Gasteiger partial charge is 0.375 e. The number of methoxy groups -OCH3 is 2. The summed E-state index contributed by atoms with van der Waals surface area (Å²) in [5, 5.41) is 1.06. The van der Waals surface area contributed by atoms with Crippen molar-refractivity contribution < 1.29 is 9.47 Å². The highest BCUT2D eigenvalue weighted by molar-refractivity contribution is 5.74. The third-order valence-electron chi connectivity index (χ3n) is 5.23. The minimum absolute atomic E-state index is 0.0152. The summed E-state index contributed by atoms with van der Waals surface area (Å²) >= 11 is 0. The first-order valence-electron chi connectivity index (χ1n) is 9.88. The second-order valence-corrected chi connectivity index (χ2v) is 7.09. The predicted molar refractivity (Wildman–Crippen MR) is 111 cm³/mol. The third-order valence-corrected chi connectivity index (χ3v) is 5.23. The number of rotatable bonds is 4.